The molecule has 0 saturated heterocycles. The fourth-order valence-electron chi connectivity index (χ4n) is 1.29. The van der Waals surface area contributed by atoms with Gasteiger partial charge in [0.05, 0.1) is 0 Å². The highest BCUT2D eigenvalue weighted by molar-refractivity contribution is 5.82. The Morgan fingerprint density at radius 2 is 2.25 bits per heavy atom. The van der Waals surface area contributed by atoms with E-state index < -0.39 is 0 Å². The third-order valence-corrected chi connectivity index (χ3v) is 1.87. The first-order valence-corrected chi connectivity index (χ1v) is 4.12. The van der Waals surface area contributed by atoms with E-state index in [9.17, 15) is 4.79 Å². The van der Waals surface area contributed by atoms with Crippen molar-refractivity contribution < 1.29 is 9.53 Å². The summed E-state index contributed by atoms with van der Waals surface area (Å²) in [5, 5.41) is 0. The summed E-state index contributed by atoms with van der Waals surface area (Å²) in [7, 11) is 0. The van der Waals surface area contributed by atoms with E-state index in [1.807, 2.05) is 0 Å². The Hall–Kier alpha value is -1.23. The summed E-state index contributed by atoms with van der Waals surface area (Å²) >= 11 is 0. The minimum atomic E-state index is -0.301. The molecule has 0 spiro atoms. The number of ether oxygens (including phenoxy) is 1. The average Bonchev–Trinajstić information content (AvgIpc) is 2.53. The van der Waals surface area contributed by atoms with Crippen molar-refractivity contribution in [3.05, 3.63) is 11.6 Å². The lowest BCUT2D eigenvalue weighted by molar-refractivity contribution is -0.136. The molecule has 1 aliphatic carbocycles. The predicted octanol–water partition coefficient (Wildman–Crippen LogP) is 1.66. The van der Waals surface area contributed by atoms with Gasteiger partial charge in [-0.1, -0.05) is 11.5 Å². The van der Waals surface area contributed by atoms with E-state index in [4.69, 9.17) is 11.2 Å². The van der Waals surface area contributed by atoms with Crippen molar-refractivity contribution in [2.24, 2.45) is 0 Å². The second-order valence-corrected chi connectivity index (χ2v) is 2.82. The van der Waals surface area contributed by atoms with Gasteiger partial charge in [0.1, 0.15) is 0 Å². The van der Waals surface area contributed by atoms with Crippen LogP contribution in [-0.2, 0) is 9.53 Å². The zero-order valence-corrected chi connectivity index (χ0v) is 7.01. The van der Waals surface area contributed by atoms with Gasteiger partial charge in [0.15, 0.2) is 6.61 Å². The van der Waals surface area contributed by atoms with Crippen LogP contribution < -0.4 is 0 Å². The van der Waals surface area contributed by atoms with Crippen LogP contribution in [0.3, 0.4) is 0 Å². The molecule has 2 nitrogen and oxygen atoms in total. The number of rotatable bonds is 2. The van der Waals surface area contributed by atoms with Crippen molar-refractivity contribution >= 4 is 5.97 Å². The Bertz CT molecular complexity index is 225. The molecule has 2 heteroatoms. The highest BCUT2D eigenvalue weighted by atomic mass is 16.5. The SMILES string of the molecule is C#CCOC(=O)C=C1CCCC1. The number of hydrogen-bond donors (Lipinski definition) is 0. The van der Waals surface area contributed by atoms with Gasteiger partial charge in [-0.2, -0.15) is 0 Å². The van der Waals surface area contributed by atoms with Gasteiger partial charge in [0.2, 0.25) is 0 Å². The topological polar surface area (TPSA) is 26.3 Å². The fraction of sp³-hybridized carbons (Fsp3) is 0.500. The highest BCUT2D eigenvalue weighted by Crippen LogP contribution is 2.23. The third kappa shape index (κ3) is 2.79. The zero-order chi connectivity index (χ0) is 8.81. The molecule has 1 saturated carbocycles. The lowest BCUT2D eigenvalue weighted by Crippen LogP contribution is -2.01. The predicted molar refractivity (Wildman–Crippen MR) is 46.3 cm³/mol. The van der Waals surface area contributed by atoms with Crippen molar-refractivity contribution in [2.45, 2.75) is 25.7 Å². The van der Waals surface area contributed by atoms with E-state index in [-0.39, 0.29) is 12.6 Å². The molecular formula is C10H12O2. The highest BCUT2D eigenvalue weighted by Gasteiger charge is 2.08. The second kappa shape index (κ2) is 4.61. The van der Waals surface area contributed by atoms with E-state index in [0.717, 1.165) is 12.8 Å². The Labute approximate surface area is 72.6 Å². The number of carbonyl (C=O) groups is 1. The molecule has 0 atom stereocenters. The summed E-state index contributed by atoms with van der Waals surface area (Å²) in [4.78, 5) is 11.0. The van der Waals surface area contributed by atoms with E-state index >= 15 is 0 Å². The molecule has 0 unspecified atom stereocenters. The molecule has 0 aromatic rings. The van der Waals surface area contributed by atoms with Crippen LogP contribution in [0, 0.1) is 12.3 Å². The smallest absolute Gasteiger partial charge is 0.331 e. The van der Waals surface area contributed by atoms with E-state index in [1.54, 1.807) is 6.08 Å². The van der Waals surface area contributed by atoms with Crippen LogP contribution >= 0.6 is 0 Å². The second-order valence-electron chi connectivity index (χ2n) is 2.82. The van der Waals surface area contributed by atoms with Crippen LogP contribution in [0.2, 0.25) is 0 Å². The molecule has 1 aliphatic rings. The van der Waals surface area contributed by atoms with Crippen molar-refractivity contribution in [1.82, 2.24) is 0 Å². The Kier molecular flexibility index (Phi) is 3.40. The molecule has 0 aromatic carbocycles. The summed E-state index contributed by atoms with van der Waals surface area (Å²) in [6, 6.07) is 0. The third-order valence-electron chi connectivity index (χ3n) is 1.87. The Morgan fingerprint density at radius 3 is 2.83 bits per heavy atom. The van der Waals surface area contributed by atoms with Crippen molar-refractivity contribution in [2.75, 3.05) is 6.61 Å². The average molecular weight is 164 g/mol. The molecular weight excluding hydrogens is 152 g/mol. The first-order valence-electron chi connectivity index (χ1n) is 4.12. The van der Waals surface area contributed by atoms with Crippen LogP contribution in [0.25, 0.3) is 0 Å². The van der Waals surface area contributed by atoms with Crippen LogP contribution in [0.4, 0.5) is 0 Å². The standard InChI is InChI=1S/C10H12O2/c1-2-7-12-10(11)8-9-5-3-4-6-9/h1,8H,3-7H2. The number of hydrogen-bond acceptors (Lipinski definition) is 2. The first-order chi connectivity index (χ1) is 5.83. The van der Waals surface area contributed by atoms with Crippen molar-refractivity contribution in [3.63, 3.8) is 0 Å². The molecule has 12 heavy (non-hydrogen) atoms. The maximum Gasteiger partial charge on any atom is 0.331 e. The lowest BCUT2D eigenvalue weighted by Gasteiger charge is -1.96. The van der Waals surface area contributed by atoms with Crippen LogP contribution in [0.5, 0.6) is 0 Å². The largest absolute Gasteiger partial charge is 0.449 e. The Balaban J connectivity index is 2.34. The van der Waals surface area contributed by atoms with Crippen molar-refractivity contribution in [1.29, 1.82) is 0 Å². The monoisotopic (exact) mass is 164 g/mol. The molecule has 0 bridgehead atoms. The van der Waals surface area contributed by atoms with Crippen LogP contribution in [0.15, 0.2) is 11.6 Å². The lowest BCUT2D eigenvalue weighted by atomic mass is 10.2. The molecule has 0 N–H and O–H groups in total. The summed E-state index contributed by atoms with van der Waals surface area (Å²) in [5.74, 6) is 1.95. The maximum atomic E-state index is 11.0. The maximum absolute atomic E-state index is 11.0. The molecule has 1 rings (SSSR count). The number of allylic oxidation sites excluding steroid dienone is 1. The van der Waals surface area contributed by atoms with Gasteiger partial charge >= 0.3 is 5.97 Å². The summed E-state index contributed by atoms with van der Waals surface area (Å²) < 4.78 is 4.70. The zero-order valence-electron chi connectivity index (χ0n) is 7.01. The molecule has 0 aliphatic heterocycles. The van der Waals surface area contributed by atoms with E-state index in [2.05, 4.69) is 5.92 Å². The van der Waals surface area contributed by atoms with E-state index in [0.29, 0.717) is 0 Å². The van der Waals surface area contributed by atoms with Gasteiger partial charge in [-0.15, -0.1) is 6.42 Å². The summed E-state index contributed by atoms with van der Waals surface area (Å²) in [5.41, 5.74) is 1.19. The first kappa shape index (κ1) is 8.86. The number of carbonyl (C=O) groups excluding carboxylic acids is 1. The van der Waals surface area contributed by atoms with Gasteiger partial charge < -0.3 is 4.74 Å². The van der Waals surface area contributed by atoms with Gasteiger partial charge in [-0.3, -0.25) is 0 Å². The van der Waals surface area contributed by atoms with Gasteiger partial charge in [-0.25, -0.2) is 4.79 Å². The molecule has 0 aromatic heterocycles. The quantitative estimate of drug-likeness (QED) is 0.352. The molecule has 1 fully saturated rings. The summed E-state index contributed by atoms with van der Waals surface area (Å²) in [6.45, 7) is 0.0720. The normalized spacial score (nSPS) is 15.4. The van der Waals surface area contributed by atoms with Gasteiger partial charge in [0.25, 0.3) is 0 Å². The minimum absolute atomic E-state index is 0.0720. The minimum Gasteiger partial charge on any atom is -0.449 e. The van der Waals surface area contributed by atoms with Gasteiger partial charge in [-0.05, 0) is 25.7 Å². The summed E-state index contributed by atoms with van der Waals surface area (Å²) in [6.07, 6.45) is 11.0. The number of terminal acetylenes is 1. The molecule has 0 amide bonds. The fourth-order valence-corrected chi connectivity index (χ4v) is 1.29. The molecule has 0 radical (unpaired) electrons. The van der Waals surface area contributed by atoms with Gasteiger partial charge in [0, 0.05) is 6.08 Å². The molecule has 64 valence electrons. The van der Waals surface area contributed by atoms with Crippen LogP contribution in [-0.4, -0.2) is 12.6 Å². The molecule has 0 heterocycles. The van der Waals surface area contributed by atoms with E-state index in [1.165, 1.54) is 18.4 Å². The van der Waals surface area contributed by atoms with Crippen LogP contribution in [0.1, 0.15) is 25.7 Å². The van der Waals surface area contributed by atoms with Crippen molar-refractivity contribution in [3.8, 4) is 12.3 Å². The Morgan fingerprint density at radius 1 is 1.58 bits per heavy atom. The number of esters is 1.